The van der Waals surface area contributed by atoms with Crippen LogP contribution in [0.2, 0.25) is 0 Å². The maximum atomic E-state index is 13.3. The highest BCUT2D eigenvalue weighted by Crippen LogP contribution is 2.37. The third-order valence-electron chi connectivity index (χ3n) is 5.48. The van der Waals surface area contributed by atoms with E-state index in [0.717, 1.165) is 31.4 Å². The van der Waals surface area contributed by atoms with E-state index in [4.69, 9.17) is 0 Å². The molecule has 2 aliphatic rings. The second-order valence-corrected chi connectivity index (χ2v) is 7.02. The van der Waals surface area contributed by atoms with Crippen LogP contribution in [-0.2, 0) is 9.59 Å². The van der Waals surface area contributed by atoms with Crippen molar-refractivity contribution in [2.75, 3.05) is 13.6 Å². The number of nitrogens with zero attached hydrogens (tertiary/aromatic N) is 2. The van der Waals surface area contributed by atoms with E-state index in [2.05, 4.69) is 6.92 Å². The van der Waals surface area contributed by atoms with Crippen LogP contribution in [0.15, 0.2) is 24.3 Å². The molecule has 0 radical (unpaired) electrons. The van der Waals surface area contributed by atoms with Crippen LogP contribution in [0.3, 0.4) is 0 Å². The van der Waals surface area contributed by atoms with Gasteiger partial charge in [-0.3, -0.25) is 9.59 Å². The van der Waals surface area contributed by atoms with Crippen LogP contribution in [0.1, 0.15) is 50.6 Å². The summed E-state index contributed by atoms with van der Waals surface area (Å²) in [6, 6.07) is 6.11. The van der Waals surface area contributed by atoms with Gasteiger partial charge >= 0.3 is 0 Å². The average Bonchev–Trinajstić information content (AvgIpc) is 2.58. The SMILES string of the molecule is C[C@@H]1CCCCN1C(=O)[C@H]1CCC(=O)N(C)[C@H]1c1ccc(F)cc1. The number of halogens is 1. The zero-order chi connectivity index (χ0) is 17.3. The number of carbonyl (C=O) groups excluding carboxylic acids is 2. The lowest BCUT2D eigenvalue weighted by atomic mass is 9.83. The summed E-state index contributed by atoms with van der Waals surface area (Å²) in [5, 5.41) is 0. The number of hydrogen-bond acceptors (Lipinski definition) is 2. The van der Waals surface area contributed by atoms with E-state index in [1.807, 2.05) is 4.90 Å². The summed E-state index contributed by atoms with van der Waals surface area (Å²) in [5.74, 6) is -0.384. The highest BCUT2D eigenvalue weighted by molar-refractivity contribution is 5.85. The van der Waals surface area contributed by atoms with Crippen molar-refractivity contribution in [3.8, 4) is 0 Å². The van der Waals surface area contributed by atoms with Gasteiger partial charge in [-0.05, 0) is 50.3 Å². The maximum Gasteiger partial charge on any atom is 0.228 e. The van der Waals surface area contributed by atoms with Gasteiger partial charge in [0.2, 0.25) is 11.8 Å². The highest BCUT2D eigenvalue weighted by atomic mass is 19.1. The Labute approximate surface area is 142 Å². The van der Waals surface area contributed by atoms with E-state index >= 15 is 0 Å². The van der Waals surface area contributed by atoms with Gasteiger partial charge in [0.15, 0.2) is 0 Å². The first-order valence-corrected chi connectivity index (χ1v) is 8.80. The Bertz CT molecular complexity index is 616. The molecule has 0 aliphatic carbocycles. The summed E-state index contributed by atoms with van der Waals surface area (Å²) in [6.07, 6.45) is 4.20. The second-order valence-electron chi connectivity index (χ2n) is 7.02. The topological polar surface area (TPSA) is 40.6 Å². The molecule has 1 aromatic carbocycles. The largest absolute Gasteiger partial charge is 0.340 e. The molecule has 2 aliphatic heterocycles. The smallest absolute Gasteiger partial charge is 0.228 e. The quantitative estimate of drug-likeness (QED) is 0.835. The van der Waals surface area contributed by atoms with E-state index < -0.39 is 0 Å². The van der Waals surface area contributed by atoms with Gasteiger partial charge in [-0.1, -0.05) is 12.1 Å². The van der Waals surface area contributed by atoms with Crippen LogP contribution in [0, 0.1) is 11.7 Å². The molecular weight excluding hydrogens is 307 g/mol. The normalized spacial score (nSPS) is 28.1. The minimum absolute atomic E-state index is 0.0417. The molecule has 0 N–H and O–H groups in total. The fraction of sp³-hybridized carbons (Fsp3) is 0.579. The molecular formula is C19H25FN2O2. The molecule has 2 fully saturated rings. The molecule has 1 aromatic rings. The van der Waals surface area contributed by atoms with Crippen molar-refractivity contribution in [3.63, 3.8) is 0 Å². The number of amides is 2. The molecule has 2 heterocycles. The van der Waals surface area contributed by atoms with Crippen molar-refractivity contribution < 1.29 is 14.0 Å². The summed E-state index contributed by atoms with van der Waals surface area (Å²) in [5.41, 5.74) is 0.829. The van der Waals surface area contributed by atoms with Crippen LogP contribution < -0.4 is 0 Å². The first-order chi connectivity index (χ1) is 11.5. The summed E-state index contributed by atoms with van der Waals surface area (Å²) < 4.78 is 13.3. The zero-order valence-electron chi connectivity index (χ0n) is 14.4. The second kappa shape index (κ2) is 6.91. The predicted octanol–water partition coefficient (Wildman–Crippen LogP) is 3.14. The van der Waals surface area contributed by atoms with Gasteiger partial charge in [-0.15, -0.1) is 0 Å². The Morgan fingerprint density at radius 2 is 1.88 bits per heavy atom. The van der Waals surface area contributed by atoms with E-state index in [9.17, 15) is 14.0 Å². The van der Waals surface area contributed by atoms with E-state index in [-0.39, 0.29) is 35.6 Å². The van der Waals surface area contributed by atoms with Crippen LogP contribution in [0.25, 0.3) is 0 Å². The van der Waals surface area contributed by atoms with E-state index in [1.54, 1.807) is 24.1 Å². The first-order valence-electron chi connectivity index (χ1n) is 8.80. The highest BCUT2D eigenvalue weighted by Gasteiger charge is 2.41. The van der Waals surface area contributed by atoms with Gasteiger partial charge in [0.25, 0.3) is 0 Å². The maximum absolute atomic E-state index is 13.3. The average molecular weight is 332 g/mol. The lowest BCUT2D eigenvalue weighted by molar-refractivity contribution is -0.148. The molecule has 4 nitrogen and oxygen atoms in total. The minimum Gasteiger partial charge on any atom is -0.340 e. The summed E-state index contributed by atoms with van der Waals surface area (Å²) >= 11 is 0. The summed E-state index contributed by atoms with van der Waals surface area (Å²) in [6.45, 7) is 2.89. The molecule has 3 atom stereocenters. The Morgan fingerprint density at radius 3 is 2.54 bits per heavy atom. The third-order valence-corrected chi connectivity index (χ3v) is 5.48. The van der Waals surface area contributed by atoms with E-state index in [0.29, 0.717) is 12.8 Å². The van der Waals surface area contributed by atoms with Gasteiger partial charge < -0.3 is 9.80 Å². The number of piperidine rings is 2. The van der Waals surface area contributed by atoms with Crippen LogP contribution >= 0.6 is 0 Å². The summed E-state index contributed by atoms with van der Waals surface area (Å²) in [4.78, 5) is 29.0. The van der Waals surface area contributed by atoms with Gasteiger partial charge in [-0.2, -0.15) is 0 Å². The molecule has 0 bridgehead atoms. The van der Waals surface area contributed by atoms with Crippen LogP contribution in [0.4, 0.5) is 4.39 Å². The Morgan fingerprint density at radius 1 is 1.17 bits per heavy atom. The monoisotopic (exact) mass is 332 g/mol. The predicted molar refractivity (Wildman–Crippen MR) is 89.7 cm³/mol. The van der Waals surface area contributed by atoms with Crippen molar-refractivity contribution in [2.24, 2.45) is 5.92 Å². The number of likely N-dealkylation sites (tertiary alicyclic amines) is 2. The van der Waals surface area contributed by atoms with Gasteiger partial charge in [0.05, 0.1) is 12.0 Å². The van der Waals surface area contributed by atoms with Crippen LogP contribution in [-0.4, -0.2) is 41.2 Å². The molecule has 130 valence electrons. The van der Waals surface area contributed by atoms with Crippen molar-refractivity contribution >= 4 is 11.8 Å². The molecule has 0 saturated carbocycles. The molecule has 5 heteroatoms. The summed E-state index contributed by atoms with van der Waals surface area (Å²) in [7, 11) is 1.75. The fourth-order valence-corrected chi connectivity index (χ4v) is 4.05. The molecule has 0 unspecified atom stereocenters. The number of carbonyl (C=O) groups is 2. The number of hydrogen-bond donors (Lipinski definition) is 0. The molecule has 3 rings (SSSR count). The lowest BCUT2D eigenvalue weighted by Crippen LogP contribution is -2.51. The molecule has 24 heavy (non-hydrogen) atoms. The fourth-order valence-electron chi connectivity index (χ4n) is 4.05. The number of rotatable bonds is 2. The minimum atomic E-state index is -0.312. The standard InChI is InChI=1S/C19H25FN2O2/c1-13-5-3-4-12-22(13)19(24)16-10-11-17(23)21(2)18(16)14-6-8-15(20)9-7-14/h6-9,13,16,18H,3-5,10-12H2,1-2H3/t13-,16+,18+/m1/s1. The zero-order valence-corrected chi connectivity index (χ0v) is 14.4. The van der Waals surface area contributed by atoms with Crippen molar-refractivity contribution in [1.29, 1.82) is 0 Å². The van der Waals surface area contributed by atoms with E-state index in [1.165, 1.54) is 12.1 Å². The van der Waals surface area contributed by atoms with Crippen molar-refractivity contribution in [3.05, 3.63) is 35.6 Å². The first kappa shape index (κ1) is 16.9. The Hall–Kier alpha value is -1.91. The van der Waals surface area contributed by atoms with Gasteiger partial charge in [0.1, 0.15) is 5.82 Å². The molecule has 0 spiro atoms. The lowest BCUT2D eigenvalue weighted by Gasteiger charge is -2.43. The van der Waals surface area contributed by atoms with Gasteiger partial charge in [-0.25, -0.2) is 4.39 Å². The number of benzene rings is 1. The van der Waals surface area contributed by atoms with Crippen LogP contribution in [0.5, 0.6) is 0 Å². The molecule has 2 amide bonds. The molecule has 0 aromatic heterocycles. The Kier molecular flexibility index (Phi) is 4.88. The van der Waals surface area contributed by atoms with Crippen molar-refractivity contribution in [1.82, 2.24) is 9.80 Å². The third kappa shape index (κ3) is 3.17. The Balaban J connectivity index is 1.89. The van der Waals surface area contributed by atoms with Gasteiger partial charge in [0, 0.05) is 26.1 Å². The molecule has 2 saturated heterocycles. The van der Waals surface area contributed by atoms with Crippen molar-refractivity contribution in [2.45, 2.75) is 51.1 Å².